The molecule has 5 nitrogen and oxygen atoms in total. The Morgan fingerprint density at radius 3 is 2.40 bits per heavy atom. The van der Waals surface area contributed by atoms with E-state index in [4.69, 9.17) is 5.10 Å². The van der Waals surface area contributed by atoms with Crippen LogP contribution in [0.5, 0.6) is 0 Å². The van der Waals surface area contributed by atoms with Crippen molar-refractivity contribution in [1.29, 1.82) is 0 Å². The minimum Gasteiger partial charge on any atom is -0.267 e. The Morgan fingerprint density at radius 1 is 0.933 bits per heavy atom. The molecule has 5 heteroatoms. The van der Waals surface area contributed by atoms with E-state index in [1.165, 1.54) is 0 Å². The van der Waals surface area contributed by atoms with E-state index in [0.29, 0.717) is 5.56 Å². The van der Waals surface area contributed by atoms with Gasteiger partial charge in [-0.2, -0.15) is 10.2 Å². The molecule has 0 saturated carbocycles. The first kappa shape index (κ1) is 19.3. The van der Waals surface area contributed by atoms with Crippen LogP contribution in [0, 0.1) is 13.8 Å². The number of benzene rings is 3. The molecule has 148 valence electrons. The fraction of sp³-hybridized carbons (Fsp3) is 0.0800. The van der Waals surface area contributed by atoms with E-state index >= 15 is 0 Å². The topological polar surface area (TPSA) is 59.3 Å². The number of amides is 1. The lowest BCUT2D eigenvalue weighted by atomic mass is 10.1. The number of hydrogen-bond donors (Lipinski definition) is 1. The van der Waals surface area contributed by atoms with Gasteiger partial charge in [0.05, 0.1) is 11.9 Å². The van der Waals surface area contributed by atoms with Crippen molar-refractivity contribution in [1.82, 2.24) is 15.2 Å². The van der Waals surface area contributed by atoms with Gasteiger partial charge < -0.3 is 0 Å². The highest BCUT2D eigenvalue weighted by Crippen LogP contribution is 2.23. The number of carbonyl (C=O) groups excluding carboxylic acids is 1. The second-order valence-corrected chi connectivity index (χ2v) is 7.15. The van der Waals surface area contributed by atoms with Crippen LogP contribution in [0.2, 0.25) is 0 Å². The van der Waals surface area contributed by atoms with Gasteiger partial charge in [0.25, 0.3) is 5.91 Å². The summed E-state index contributed by atoms with van der Waals surface area (Å²) in [5.74, 6) is -0.248. The molecular weight excluding hydrogens is 372 g/mol. The van der Waals surface area contributed by atoms with Crippen molar-refractivity contribution in [3.63, 3.8) is 0 Å². The summed E-state index contributed by atoms with van der Waals surface area (Å²) in [6.07, 6.45) is 3.55. The van der Waals surface area contributed by atoms with Gasteiger partial charge in [0, 0.05) is 22.9 Å². The lowest BCUT2D eigenvalue weighted by molar-refractivity contribution is 0.0955. The Morgan fingerprint density at radius 2 is 1.67 bits per heavy atom. The van der Waals surface area contributed by atoms with Crippen LogP contribution >= 0.6 is 0 Å². The molecule has 0 spiro atoms. The van der Waals surface area contributed by atoms with Crippen molar-refractivity contribution in [2.75, 3.05) is 0 Å². The van der Waals surface area contributed by atoms with E-state index in [1.807, 2.05) is 91.5 Å². The molecule has 1 aromatic heterocycles. The number of nitrogens with zero attached hydrogens (tertiary/aromatic N) is 3. The minimum atomic E-state index is -0.248. The van der Waals surface area contributed by atoms with Crippen molar-refractivity contribution in [3.8, 4) is 16.9 Å². The van der Waals surface area contributed by atoms with Gasteiger partial charge in [0.2, 0.25) is 0 Å². The molecule has 0 aliphatic heterocycles. The van der Waals surface area contributed by atoms with Crippen LogP contribution < -0.4 is 5.43 Å². The van der Waals surface area contributed by atoms with Gasteiger partial charge in [0.1, 0.15) is 5.69 Å². The molecule has 0 radical (unpaired) electrons. The summed E-state index contributed by atoms with van der Waals surface area (Å²) in [5.41, 5.74) is 8.92. The minimum absolute atomic E-state index is 0.248. The highest BCUT2D eigenvalue weighted by atomic mass is 16.2. The number of para-hydroxylation sites is 1. The molecular formula is C25H22N4O. The highest BCUT2D eigenvalue weighted by Gasteiger charge is 2.12. The molecule has 1 amide bonds. The van der Waals surface area contributed by atoms with Crippen LogP contribution in [0.25, 0.3) is 16.9 Å². The number of carbonyl (C=O) groups is 1. The average Bonchev–Trinajstić information content (AvgIpc) is 3.18. The van der Waals surface area contributed by atoms with E-state index in [9.17, 15) is 4.79 Å². The van der Waals surface area contributed by atoms with Crippen molar-refractivity contribution in [2.45, 2.75) is 13.8 Å². The van der Waals surface area contributed by atoms with E-state index in [2.05, 4.69) is 16.6 Å². The van der Waals surface area contributed by atoms with Crippen LogP contribution in [0.15, 0.2) is 90.2 Å². The lowest BCUT2D eigenvalue weighted by Gasteiger charge is -2.02. The summed E-state index contributed by atoms with van der Waals surface area (Å²) in [4.78, 5) is 12.4. The van der Waals surface area contributed by atoms with Gasteiger partial charge in [-0.25, -0.2) is 10.1 Å². The predicted molar refractivity (Wildman–Crippen MR) is 120 cm³/mol. The summed E-state index contributed by atoms with van der Waals surface area (Å²) in [7, 11) is 0. The fourth-order valence-electron chi connectivity index (χ4n) is 3.22. The fourth-order valence-corrected chi connectivity index (χ4v) is 3.22. The number of aryl methyl sites for hydroxylation is 2. The van der Waals surface area contributed by atoms with Crippen LogP contribution in [0.1, 0.15) is 27.0 Å². The van der Waals surface area contributed by atoms with E-state index in [1.54, 1.807) is 12.3 Å². The van der Waals surface area contributed by atoms with Crippen LogP contribution in [-0.4, -0.2) is 21.9 Å². The van der Waals surface area contributed by atoms with Crippen molar-refractivity contribution >= 4 is 12.1 Å². The molecule has 30 heavy (non-hydrogen) atoms. The SMILES string of the molecule is Cc1cccc(C(=O)N/N=C\c2cn(-c3ccccc3)nc2-c2cccc(C)c2)c1. The molecule has 0 saturated heterocycles. The molecule has 0 bridgehead atoms. The van der Waals surface area contributed by atoms with Crippen LogP contribution in [0.4, 0.5) is 0 Å². The summed E-state index contributed by atoms with van der Waals surface area (Å²) < 4.78 is 1.82. The lowest BCUT2D eigenvalue weighted by Crippen LogP contribution is -2.17. The average molecular weight is 394 g/mol. The Hall–Kier alpha value is -3.99. The third-order valence-corrected chi connectivity index (χ3v) is 4.70. The normalized spacial score (nSPS) is 11.0. The molecule has 0 unspecified atom stereocenters. The number of nitrogens with one attached hydrogen (secondary N) is 1. The van der Waals surface area contributed by atoms with E-state index in [-0.39, 0.29) is 5.91 Å². The molecule has 0 fully saturated rings. The maximum Gasteiger partial charge on any atom is 0.271 e. The second-order valence-electron chi connectivity index (χ2n) is 7.15. The van der Waals surface area contributed by atoms with Crippen molar-refractivity contribution in [3.05, 3.63) is 107 Å². The van der Waals surface area contributed by atoms with Gasteiger partial charge in [-0.3, -0.25) is 4.79 Å². The zero-order valence-corrected chi connectivity index (χ0v) is 16.9. The predicted octanol–water partition coefficient (Wildman–Crippen LogP) is 4.92. The molecule has 4 aromatic rings. The third kappa shape index (κ3) is 4.36. The maximum absolute atomic E-state index is 12.4. The van der Waals surface area contributed by atoms with Gasteiger partial charge >= 0.3 is 0 Å². The molecule has 0 aliphatic rings. The zero-order valence-electron chi connectivity index (χ0n) is 16.9. The quantitative estimate of drug-likeness (QED) is 0.386. The summed E-state index contributed by atoms with van der Waals surface area (Å²) >= 11 is 0. The zero-order chi connectivity index (χ0) is 20.9. The Labute approximate surface area is 175 Å². The summed E-state index contributed by atoms with van der Waals surface area (Å²) in [5, 5.41) is 8.96. The molecule has 0 aliphatic carbocycles. The molecule has 4 rings (SSSR count). The number of aromatic nitrogens is 2. The molecule has 1 N–H and O–H groups in total. The second kappa shape index (κ2) is 8.57. The smallest absolute Gasteiger partial charge is 0.267 e. The standard InChI is InChI=1S/C25H22N4O/c1-18-8-6-10-20(14-18)24-22(17-29(28-24)23-12-4-3-5-13-23)16-26-27-25(30)21-11-7-9-19(2)15-21/h3-17H,1-2H3,(H,27,30)/b26-16-. The molecule has 3 aromatic carbocycles. The Balaban J connectivity index is 1.65. The third-order valence-electron chi connectivity index (χ3n) is 4.70. The van der Waals surface area contributed by atoms with Gasteiger partial charge in [0.15, 0.2) is 0 Å². The Kier molecular flexibility index (Phi) is 5.52. The number of rotatable bonds is 5. The van der Waals surface area contributed by atoms with E-state index < -0.39 is 0 Å². The first-order valence-corrected chi connectivity index (χ1v) is 9.72. The summed E-state index contributed by atoms with van der Waals surface area (Å²) in [6, 6.07) is 25.5. The first-order chi connectivity index (χ1) is 14.6. The maximum atomic E-state index is 12.4. The number of hydrazone groups is 1. The Bertz CT molecular complexity index is 1210. The highest BCUT2D eigenvalue weighted by molar-refractivity contribution is 5.95. The largest absolute Gasteiger partial charge is 0.271 e. The van der Waals surface area contributed by atoms with Crippen LogP contribution in [-0.2, 0) is 0 Å². The molecule has 0 atom stereocenters. The van der Waals surface area contributed by atoms with Gasteiger partial charge in [-0.15, -0.1) is 0 Å². The van der Waals surface area contributed by atoms with Gasteiger partial charge in [-0.1, -0.05) is 59.7 Å². The van der Waals surface area contributed by atoms with Crippen molar-refractivity contribution < 1.29 is 4.79 Å². The molecule has 1 heterocycles. The van der Waals surface area contributed by atoms with Gasteiger partial charge in [-0.05, 0) is 44.2 Å². The van der Waals surface area contributed by atoms with Crippen LogP contribution in [0.3, 0.4) is 0 Å². The number of hydrogen-bond acceptors (Lipinski definition) is 3. The first-order valence-electron chi connectivity index (χ1n) is 9.72. The van der Waals surface area contributed by atoms with E-state index in [0.717, 1.165) is 33.6 Å². The summed E-state index contributed by atoms with van der Waals surface area (Å²) in [6.45, 7) is 4.00. The monoisotopic (exact) mass is 394 g/mol. The van der Waals surface area contributed by atoms with Crippen molar-refractivity contribution in [2.24, 2.45) is 5.10 Å².